The molecule has 0 saturated heterocycles. The van der Waals surface area contributed by atoms with E-state index < -0.39 is 0 Å². The van der Waals surface area contributed by atoms with Crippen molar-refractivity contribution in [2.75, 3.05) is 11.1 Å². The molecule has 2 aliphatic carbocycles. The molecule has 0 heterocycles. The van der Waals surface area contributed by atoms with Crippen molar-refractivity contribution in [2.24, 2.45) is 0 Å². The summed E-state index contributed by atoms with van der Waals surface area (Å²) < 4.78 is 0. The maximum Gasteiger partial charge on any atom is 0.0618 e. The van der Waals surface area contributed by atoms with Gasteiger partial charge in [0.25, 0.3) is 0 Å². The van der Waals surface area contributed by atoms with Crippen molar-refractivity contribution in [1.29, 1.82) is 0 Å². The Kier molecular flexibility index (Phi) is 3.84. The SMILES string of the molecule is CC1(C)CC(C)(C)c2c1cc1c(c2Nc2ccccc2N)C(C)(C)CC1(C)C. The number of rotatable bonds is 2. The number of hydrogen-bond donors (Lipinski definition) is 2. The van der Waals surface area contributed by atoms with Crippen LogP contribution < -0.4 is 11.1 Å². The van der Waals surface area contributed by atoms with Crippen LogP contribution in [0.2, 0.25) is 0 Å². The number of para-hydroxylation sites is 2. The summed E-state index contributed by atoms with van der Waals surface area (Å²) in [5.41, 5.74) is 16.1. The van der Waals surface area contributed by atoms with Crippen LogP contribution in [-0.2, 0) is 21.7 Å². The molecule has 2 aromatic carbocycles. The van der Waals surface area contributed by atoms with Crippen LogP contribution in [0.1, 0.15) is 90.5 Å². The molecule has 0 unspecified atom stereocenters. The largest absolute Gasteiger partial charge is 0.397 e. The Balaban J connectivity index is 2.08. The van der Waals surface area contributed by atoms with E-state index in [1.165, 1.54) is 27.9 Å². The van der Waals surface area contributed by atoms with Crippen LogP contribution in [0.4, 0.5) is 17.1 Å². The van der Waals surface area contributed by atoms with Crippen LogP contribution in [-0.4, -0.2) is 0 Å². The van der Waals surface area contributed by atoms with Crippen LogP contribution in [0.3, 0.4) is 0 Å². The van der Waals surface area contributed by atoms with Gasteiger partial charge >= 0.3 is 0 Å². The van der Waals surface area contributed by atoms with Gasteiger partial charge in [-0.2, -0.15) is 0 Å². The Morgan fingerprint density at radius 3 is 1.64 bits per heavy atom. The van der Waals surface area contributed by atoms with Crippen molar-refractivity contribution in [3.63, 3.8) is 0 Å². The van der Waals surface area contributed by atoms with Crippen LogP contribution in [0.15, 0.2) is 30.3 Å². The number of hydrogen-bond acceptors (Lipinski definition) is 2. The lowest BCUT2D eigenvalue weighted by Gasteiger charge is -2.30. The molecule has 0 amide bonds. The molecule has 0 aliphatic heterocycles. The van der Waals surface area contributed by atoms with E-state index >= 15 is 0 Å². The quantitative estimate of drug-likeness (QED) is 0.558. The fourth-order valence-electron chi connectivity index (χ4n) is 6.60. The third kappa shape index (κ3) is 2.68. The first kappa shape index (κ1) is 19.4. The van der Waals surface area contributed by atoms with Crippen molar-refractivity contribution in [1.82, 2.24) is 0 Å². The first-order chi connectivity index (χ1) is 12.8. The Morgan fingerprint density at radius 2 is 1.18 bits per heavy atom. The number of anilines is 3. The maximum atomic E-state index is 6.34. The number of nitrogens with two attached hydrogens (primary N) is 1. The van der Waals surface area contributed by atoms with Crippen LogP contribution in [0.5, 0.6) is 0 Å². The lowest BCUT2D eigenvalue weighted by molar-refractivity contribution is 0.396. The first-order valence-electron chi connectivity index (χ1n) is 10.6. The highest BCUT2D eigenvalue weighted by molar-refractivity contribution is 5.81. The minimum atomic E-state index is 0.128. The normalized spacial score (nSPS) is 22.6. The number of nitrogen functional groups attached to an aromatic ring is 1. The second-order valence-corrected chi connectivity index (χ2v) is 11.7. The summed E-state index contributed by atoms with van der Waals surface area (Å²) in [6, 6.07) is 10.7. The molecular formula is C26H36N2. The summed E-state index contributed by atoms with van der Waals surface area (Å²) in [7, 11) is 0. The lowest BCUT2D eigenvalue weighted by Crippen LogP contribution is -2.21. The molecule has 3 N–H and O–H groups in total. The van der Waals surface area contributed by atoms with Gasteiger partial charge in [0.2, 0.25) is 0 Å². The van der Waals surface area contributed by atoms with E-state index in [1.54, 1.807) is 0 Å². The van der Waals surface area contributed by atoms with Gasteiger partial charge in [0.1, 0.15) is 0 Å². The Morgan fingerprint density at radius 1 is 0.714 bits per heavy atom. The molecule has 2 aromatic rings. The molecule has 2 heteroatoms. The standard InChI is InChI=1S/C26H36N2/c1-23(2)14-25(5,6)20-16(23)13-17-21(26(7,8)15-24(17,3)4)22(20)28-19-12-10-9-11-18(19)27/h9-13,28H,14-15,27H2,1-8H3. The van der Waals surface area contributed by atoms with Gasteiger partial charge in [0.05, 0.1) is 11.4 Å². The van der Waals surface area contributed by atoms with Crippen molar-refractivity contribution in [3.8, 4) is 0 Å². The highest BCUT2D eigenvalue weighted by Gasteiger charge is 2.50. The molecule has 2 aliphatic rings. The van der Waals surface area contributed by atoms with Crippen molar-refractivity contribution in [3.05, 3.63) is 52.6 Å². The Labute approximate surface area is 170 Å². The molecule has 28 heavy (non-hydrogen) atoms. The van der Waals surface area contributed by atoms with E-state index in [-0.39, 0.29) is 21.7 Å². The van der Waals surface area contributed by atoms with E-state index in [2.05, 4.69) is 78.9 Å². The average molecular weight is 377 g/mol. The molecule has 150 valence electrons. The highest BCUT2D eigenvalue weighted by atomic mass is 14.9. The second kappa shape index (κ2) is 5.55. The number of nitrogens with one attached hydrogen (secondary N) is 1. The van der Waals surface area contributed by atoms with E-state index in [0.29, 0.717) is 0 Å². The van der Waals surface area contributed by atoms with Gasteiger partial charge in [0, 0.05) is 5.69 Å². The first-order valence-corrected chi connectivity index (χ1v) is 10.6. The Hall–Kier alpha value is -1.96. The van der Waals surface area contributed by atoms with Crippen LogP contribution in [0.25, 0.3) is 0 Å². The van der Waals surface area contributed by atoms with Crippen molar-refractivity contribution >= 4 is 17.1 Å². The fourth-order valence-corrected chi connectivity index (χ4v) is 6.60. The molecule has 0 fully saturated rings. The summed E-state index contributed by atoms with van der Waals surface area (Å²) in [5.74, 6) is 0. The lowest BCUT2D eigenvalue weighted by atomic mass is 9.78. The van der Waals surface area contributed by atoms with Gasteiger partial charge in [-0.05, 0) is 68.9 Å². The monoisotopic (exact) mass is 376 g/mol. The summed E-state index contributed by atoms with van der Waals surface area (Å²) in [5, 5.41) is 3.83. The molecule has 0 atom stereocenters. The smallest absolute Gasteiger partial charge is 0.0618 e. The summed E-state index contributed by atoms with van der Waals surface area (Å²) in [4.78, 5) is 0. The molecule has 0 radical (unpaired) electrons. The van der Waals surface area contributed by atoms with E-state index in [1.807, 2.05) is 12.1 Å². The zero-order chi connectivity index (χ0) is 20.7. The van der Waals surface area contributed by atoms with Crippen molar-refractivity contribution in [2.45, 2.75) is 89.9 Å². The third-order valence-corrected chi connectivity index (χ3v) is 7.13. The topological polar surface area (TPSA) is 38.0 Å². The van der Waals surface area contributed by atoms with Crippen molar-refractivity contribution < 1.29 is 0 Å². The Bertz CT molecular complexity index is 908. The second-order valence-electron chi connectivity index (χ2n) is 11.7. The van der Waals surface area contributed by atoms with Gasteiger partial charge in [0.15, 0.2) is 0 Å². The van der Waals surface area contributed by atoms with Gasteiger partial charge in [-0.3, -0.25) is 0 Å². The van der Waals surface area contributed by atoms with Gasteiger partial charge in [-0.15, -0.1) is 0 Å². The highest BCUT2D eigenvalue weighted by Crippen LogP contribution is 2.60. The number of benzene rings is 2. The van der Waals surface area contributed by atoms with Gasteiger partial charge < -0.3 is 11.1 Å². The molecule has 2 nitrogen and oxygen atoms in total. The summed E-state index contributed by atoms with van der Waals surface area (Å²) >= 11 is 0. The molecule has 0 bridgehead atoms. The summed E-state index contributed by atoms with van der Waals surface area (Å²) in [6.07, 6.45) is 2.33. The zero-order valence-corrected chi connectivity index (χ0v) is 18.9. The van der Waals surface area contributed by atoms with Crippen LogP contribution >= 0.6 is 0 Å². The average Bonchev–Trinajstić information content (AvgIpc) is 2.84. The molecule has 0 spiro atoms. The molecule has 0 saturated carbocycles. The minimum absolute atomic E-state index is 0.128. The maximum absolute atomic E-state index is 6.34. The fraction of sp³-hybridized carbons (Fsp3) is 0.538. The molecule has 0 aromatic heterocycles. The summed E-state index contributed by atoms with van der Waals surface area (Å²) in [6.45, 7) is 19.2. The van der Waals surface area contributed by atoms with Crippen LogP contribution in [0, 0.1) is 0 Å². The molecule has 4 rings (SSSR count). The van der Waals surface area contributed by atoms with Gasteiger partial charge in [-0.1, -0.05) is 73.6 Å². The third-order valence-electron chi connectivity index (χ3n) is 7.13. The molecular weight excluding hydrogens is 340 g/mol. The van der Waals surface area contributed by atoms with E-state index in [0.717, 1.165) is 24.2 Å². The van der Waals surface area contributed by atoms with Gasteiger partial charge in [-0.25, -0.2) is 0 Å². The predicted octanol–water partition coefficient (Wildman–Crippen LogP) is 6.93. The predicted molar refractivity (Wildman–Crippen MR) is 122 cm³/mol. The van der Waals surface area contributed by atoms with E-state index in [4.69, 9.17) is 5.73 Å². The number of fused-ring (bicyclic) bond motifs is 2. The van der Waals surface area contributed by atoms with E-state index in [9.17, 15) is 0 Å². The zero-order valence-electron chi connectivity index (χ0n) is 18.9. The minimum Gasteiger partial charge on any atom is -0.397 e.